The first-order valence-corrected chi connectivity index (χ1v) is 22.6. The zero-order valence-corrected chi connectivity index (χ0v) is 37.0. The number of anilines is 6. The van der Waals surface area contributed by atoms with E-state index < -0.39 is 0 Å². The van der Waals surface area contributed by atoms with Crippen LogP contribution in [0, 0.1) is 6.92 Å². The third-order valence-corrected chi connectivity index (χ3v) is 11.7. The molecule has 2 atom stereocenters. The van der Waals surface area contributed by atoms with Gasteiger partial charge in [-0.25, -0.2) is 15.0 Å². The first-order chi connectivity index (χ1) is 30.5. The van der Waals surface area contributed by atoms with Crippen LogP contribution < -0.4 is 30.2 Å². The average molecular weight is 852 g/mol. The van der Waals surface area contributed by atoms with Crippen LogP contribution >= 0.6 is 0 Å². The van der Waals surface area contributed by atoms with Crippen molar-refractivity contribution in [2.45, 2.75) is 71.9 Å². The van der Waals surface area contributed by atoms with Crippen LogP contribution in [0.25, 0.3) is 5.65 Å². The van der Waals surface area contributed by atoms with Crippen molar-refractivity contribution in [2.75, 3.05) is 116 Å². The van der Waals surface area contributed by atoms with Gasteiger partial charge < -0.3 is 48.8 Å². The number of hydrogen-bond donors (Lipinski definition) is 2. The van der Waals surface area contributed by atoms with Crippen LogP contribution in [0.15, 0.2) is 79.8 Å². The third-order valence-electron chi connectivity index (χ3n) is 11.7. The summed E-state index contributed by atoms with van der Waals surface area (Å²) in [6.07, 6.45) is 18.2. The molecule has 4 aliphatic heterocycles. The van der Waals surface area contributed by atoms with E-state index in [0.717, 1.165) is 127 Å². The summed E-state index contributed by atoms with van der Waals surface area (Å²) in [7, 11) is 0. The van der Waals surface area contributed by atoms with E-state index in [9.17, 15) is 4.79 Å². The molecular formula is C47H69N11O4. The van der Waals surface area contributed by atoms with Crippen molar-refractivity contribution >= 4 is 46.0 Å². The number of morpholine rings is 2. The molecule has 0 radical (unpaired) electrons. The SMILES string of the molecule is CC.CCOC(=O)Cc1ccncc1N1CCC[C@@H](Nc2cc(N3CCOCC3)ccn2)C1.Cc1cc2nccn2cc1N1CCC[C@@H](Nc2cc(N3CCOCC3)ccn2)C1.[HH].[HH]. The van der Waals surface area contributed by atoms with Crippen molar-refractivity contribution in [3.8, 4) is 0 Å². The number of hydrogen-bond acceptors (Lipinski definition) is 14. The van der Waals surface area contributed by atoms with Crippen LogP contribution in [-0.4, -0.2) is 128 Å². The maximum absolute atomic E-state index is 12.0. The number of ether oxygens (including phenoxy) is 3. The molecule has 9 heterocycles. The van der Waals surface area contributed by atoms with Gasteiger partial charge in [-0.1, -0.05) is 13.8 Å². The van der Waals surface area contributed by atoms with E-state index in [2.05, 4.69) is 98.0 Å². The van der Waals surface area contributed by atoms with E-state index >= 15 is 0 Å². The number of pyridine rings is 4. The van der Waals surface area contributed by atoms with Gasteiger partial charge in [0.1, 0.15) is 17.3 Å². The van der Waals surface area contributed by atoms with Crippen molar-refractivity contribution in [1.29, 1.82) is 0 Å². The molecule has 15 nitrogen and oxygen atoms in total. The summed E-state index contributed by atoms with van der Waals surface area (Å²) in [6.45, 7) is 19.1. The van der Waals surface area contributed by atoms with Gasteiger partial charge in [-0.05, 0) is 74.9 Å². The molecule has 0 aliphatic carbocycles. The number of nitrogens with one attached hydrogen (secondary N) is 2. The number of imidazole rings is 1. The zero-order chi connectivity index (χ0) is 43.1. The van der Waals surface area contributed by atoms with E-state index in [1.165, 1.54) is 29.0 Å². The first kappa shape index (κ1) is 44.4. The van der Waals surface area contributed by atoms with Crippen molar-refractivity contribution in [1.82, 2.24) is 24.3 Å². The van der Waals surface area contributed by atoms with Gasteiger partial charge in [-0.2, -0.15) is 0 Å². The Morgan fingerprint density at radius 2 is 1.32 bits per heavy atom. The summed E-state index contributed by atoms with van der Waals surface area (Å²) in [4.78, 5) is 39.3. The van der Waals surface area contributed by atoms with E-state index in [1.54, 1.807) is 6.20 Å². The fourth-order valence-corrected chi connectivity index (χ4v) is 8.67. The monoisotopic (exact) mass is 852 g/mol. The molecule has 0 aromatic carbocycles. The number of fused-ring (bicyclic) bond motifs is 1. The average Bonchev–Trinajstić information content (AvgIpc) is 3.78. The molecule has 0 saturated carbocycles. The van der Waals surface area contributed by atoms with Crippen LogP contribution in [0.1, 0.15) is 60.4 Å². The second-order valence-electron chi connectivity index (χ2n) is 15.9. The quantitative estimate of drug-likeness (QED) is 0.132. The van der Waals surface area contributed by atoms with Gasteiger partial charge in [-0.3, -0.25) is 9.78 Å². The molecule has 336 valence electrons. The standard InChI is InChI=1S/C23H31N5O3.C22H28N6O.C2H6.2H2/c1-2-31-23(29)14-18-5-7-24-16-21(18)28-9-3-4-19(17-28)26-22-15-20(6-8-25-22)27-10-12-30-13-11-27;1-17-13-22-24-6-8-28(22)16-20(17)27-7-2-3-18(15-27)25-21-14-19(4-5-23-21)26-9-11-29-12-10-26;1-2;;/h5-8,15-16,19H,2-4,9-14,17H2,1H3,(H,25,26);4-6,8,13-14,16,18H,2-3,7,9-12,15H2,1H3,(H,23,25);1-2H3;2*1H/t19-;18-;;;/m11.../s1. The Kier molecular flexibility index (Phi) is 16.1. The molecule has 4 fully saturated rings. The molecular weight excluding hydrogens is 783 g/mol. The van der Waals surface area contributed by atoms with E-state index in [0.29, 0.717) is 12.6 Å². The molecule has 5 aromatic rings. The van der Waals surface area contributed by atoms with Crippen molar-refractivity contribution < 1.29 is 21.9 Å². The third kappa shape index (κ3) is 11.8. The Hall–Kier alpha value is -5.67. The number of rotatable bonds is 11. The second kappa shape index (κ2) is 22.4. The largest absolute Gasteiger partial charge is 0.466 e. The van der Waals surface area contributed by atoms with Crippen LogP contribution in [0.2, 0.25) is 0 Å². The lowest BCUT2D eigenvalue weighted by Crippen LogP contribution is -2.43. The highest BCUT2D eigenvalue weighted by Gasteiger charge is 2.25. The molecule has 4 aliphatic rings. The summed E-state index contributed by atoms with van der Waals surface area (Å²) < 4.78 is 18.2. The van der Waals surface area contributed by atoms with Gasteiger partial charge in [0.25, 0.3) is 0 Å². The van der Waals surface area contributed by atoms with Crippen LogP contribution in [0.3, 0.4) is 0 Å². The lowest BCUT2D eigenvalue weighted by molar-refractivity contribution is -0.142. The van der Waals surface area contributed by atoms with E-state index in [-0.39, 0.29) is 21.3 Å². The molecule has 9 rings (SSSR count). The number of aromatic nitrogens is 5. The lowest BCUT2D eigenvalue weighted by Gasteiger charge is -2.36. The summed E-state index contributed by atoms with van der Waals surface area (Å²) in [5, 5.41) is 7.30. The van der Waals surface area contributed by atoms with Gasteiger partial charge in [-0.15, -0.1) is 0 Å². The number of carbonyl (C=O) groups excluding carboxylic acids is 1. The number of aryl methyl sites for hydroxylation is 1. The molecule has 62 heavy (non-hydrogen) atoms. The van der Waals surface area contributed by atoms with Crippen LogP contribution in [-0.2, 0) is 25.4 Å². The minimum Gasteiger partial charge on any atom is -0.466 e. The van der Waals surface area contributed by atoms with Crippen molar-refractivity contribution in [3.05, 3.63) is 90.9 Å². The molecule has 4 saturated heterocycles. The second-order valence-corrected chi connectivity index (χ2v) is 15.9. The predicted octanol–water partition coefficient (Wildman–Crippen LogP) is 6.97. The normalized spacial score (nSPS) is 19.2. The topological polar surface area (TPSA) is 138 Å². The summed E-state index contributed by atoms with van der Waals surface area (Å²) >= 11 is 0. The Morgan fingerprint density at radius 3 is 1.90 bits per heavy atom. The fourth-order valence-electron chi connectivity index (χ4n) is 8.67. The smallest absolute Gasteiger partial charge is 0.310 e. The Balaban J connectivity index is 0.000000225. The fraction of sp³-hybridized carbons (Fsp3) is 0.511. The Morgan fingerprint density at radius 1 is 0.742 bits per heavy atom. The molecule has 15 heteroatoms. The number of piperidine rings is 2. The molecule has 5 aromatic heterocycles. The van der Waals surface area contributed by atoms with Crippen molar-refractivity contribution in [3.63, 3.8) is 0 Å². The number of nitrogens with zero attached hydrogens (tertiary/aromatic N) is 9. The number of esters is 1. The van der Waals surface area contributed by atoms with Crippen LogP contribution in [0.5, 0.6) is 0 Å². The molecule has 0 spiro atoms. The molecule has 0 bridgehead atoms. The van der Waals surface area contributed by atoms with E-state index in [4.69, 9.17) is 14.2 Å². The summed E-state index contributed by atoms with van der Waals surface area (Å²) in [5.74, 6) is 1.65. The Bertz CT molecular complexity index is 2170. The highest BCUT2D eigenvalue weighted by Crippen LogP contribution is 2.28. The Labute approximate surface area is 369 Å². The zero-order valence-electron chi connectivity index (χ0n) is 37.0. The minimum absolute atomic E-state index is 0. The maximum Gasteiger partial charge on any atom is 0.310 e. The van der Waals surface area contributed by atoms with Gasteiger partial charge in [0.2, 0.25) is 0 Å². The van der Waals surface area contributed by atoms with Gasteiger partial charge in [0.15, 0.2) is 0 Å². The molecule has 0 unspecified atom stereocenters. The summed E-state index contributed by atoms with van der Waals surface area (Å²) in [5.41, 5.74) is 7.94. The highest BCUT2D eigenvalue weighted by molar-refractivity contribution is 5.75. The first-order valence-electron chi connectivity index (χ1n) is 22.6. The molecule has 0 amide bonds. The van der Waals surface area contributed by atoms with Crippen LogP contribution in [0.4, 0.5) is 34.4 Å². The minimum atomic E-state index is -0.203. The molecule has 2 N–H and O–H groups in total. The van der Waals surface area contributed by atoms with Gasteiger partial charge >= 0.3 is 5.97 Å². The number of carbonyl (C=O) groups is 1. The highest BCUT2D eigenvalue weighted by atomic mass is 16.5. The maximum atomic E-state index is 12.0. The van der Waals surface area contributed by atoms with Gasteiger partial charge in [0.05, 0.1) is 57.0 Å². The van der Waals surface area contributed by atoms with E-state index in [1.807, 2.05) is 57.8 Å². The predicted molar refractivity (Wildman–Crippen MR) is 252 cm³/mol. The lowest BCUT2D eigenvalue weighted by atomic mass is 10.0. The van der Waals surface area contributed by atoms with Crippen molar-refractivity contribution in [2.24, 2.45) is 0 Å². The van der Waals surface area contributed by atoms with Gasteiger partial charge in [0, 0.05) is 128 Å². The summed E-state index contributed by atoms with van der Waals surface area (Å²) in [6, 6.07) is 13.2.